The largest absolute Gasteiger partial charge is 0.408 e. The third kappa shape index (κ3) is 4.92. The predicted molar refractivity (Wildman–Crippen MR) is 86.0 cm³/mol. The number of alkyl halides is 3. The van der Waals surface area contributed by atoms with E-state index in [0.717, 1.165) is 6.92 Å². The van der Waals surface area contributed by atoms with E-state index in [1.54, 1.807) is 13.8 Å². The van der Waals surface area contributed by atoms with Crippen LogP contribution in [0.1, 0.15) is 24.9 Å². The average molecular weight is 364 g/mol. The Morgan fingerprint density at radius 2 is 1.67 bits per heavy atom. The molecule has 2 rings (SSSR count). The Labute approximate surface area is 146 Å². The number of rotatable bonds is 5. The van der Waals surface area contributed by atoms with Gasteiger partial charge in [0.05, 0.1) is 4.11 Å². The molecule has 2 N–H and O–H groups in total. The Hall–Kier alpha value is -2.16. The first-order valence-corrected chi connectivity index (χ1v) is 7.27. The van der Waals surface area contributed by atoms with Crippen molar-refractivity contribution in [2.75, 3.05) is 10.6 Å². The van der Waals surface area contributed by atoms with Crippen LogP contribution in [0.3, 0.4) is 0 Å². The summed E-state index contributed by atoms with van der Waals surface area (Å²) in [5.41, 5.74) is -0.238. The van der Waals surface area contributed by atoms with Crippen LogP contribution < -0.4 is 10.6 Å². The SMILES string of the molecule is [2H]c1c(Cl)nc(-c2nc(NC(C)C)nc(N[C@H](C)C(F)(F)F)n2)c([2H])c1[2H]. The number of anilines is 2. The highest BCUT2D eigenvalue weighted by Crippen LogP contribution is 2.24. The Balaban J connectivity index is 2.58. The van der Waals surface area contributed by atoms with Crippen molar-refractivity contribution in [1.29, 1.82) is 0 Å². The van der Waals surface area contributed by atoms with Gasteiger partial charge in [0.2, 0.25) is 11.9 Å². The maximum Gasteiger partial charge on any atom is 0.408 e. The molecule has 2 aromatic rings. The molecule has 130 valence electrons. The molecule has 0 aliphatic carbocycles. The molecule has 0 saturated heterocycles. The third-order valence-electron chi connectivity index (χ3n) is 2.66. The number of nitrogens with one attached hydrogen (secondary N) is 2. The van der Waals surface area contributed by atoms with Crippen molar-refractivity contribution < 1.29 is 17.3 Å². The van der Waals surface area contributed by atoms with Gasteiger partial charge in [0, 0.05) is 6.04 Å². The standard InChI is InChI=1S/C14H16ClF3N6/c1-7(2)19-12-22-11(9-5-4-6-10(15)21-9)23-13(24-12)20-8(3)14(16,17)18/h4-8H,1-3H3,(H2,19,20,22,23,24)/t8-/m1/s1/i4D,5D,6D. The van der Waals surface area contributed by atoms with E-state index in [9.17, 15) is 13.2 Å². The summed E-state index contributed by atoms with van der Waals surface area (Å²) in [5.74, 6) is -0.664. The summed E-state index contributed by atoms with van der Waals surface area (Å²) < 4.78 is 61.7. The second kappa shape index (κ2) is 7.16. The zero-order valence-electron chi connectivity index (χ0n) is 16.0. The summed E-state index contributed by atoms with van der Waals surface area (Å²) in [5, 5.41) is 4.63. The Morgan fingerprint density at radius 3 is 2.25 bits per heavy atom. The van der Waals surface area contributed by atoms with Gasteiger partial charge in [-0.15, -0.1) is 0 Å². The van der Waals surface area contributed by atoms with Gasteiger partial charge >= 0.3 is 6.18 Å². The third-order valence-corrected chi connectivity index (χ3v) is 2.84. The first-order valence-electron chi connectivity index (χ1n) is 8.39. The molecule has 0 fully saturated rings. The van der Waals surface area contributed by atoms with Crippen molar-refractivity contribution in [3.05, 3.63) is 23.3 Å². The lowest BCUT2D eigenvalue weighted by Gasteiger charge is -2.18. The van der Waals surface area contributed by atoms with Gasteiger partial charge in [0.15, 0.2) is 5.82 Å². The van der Waals surface area contributed by atoms with Crippen LogP contribution in [0.2, 0.25) is 5.15 Å². The van der Waals surface area contributed by atoms with Crippen LogP contribution in [0.25, 0.3) is 11.5 Å². The summed E-state index contributed by atoms with van der Waals surface area (Å²) in [6.07, 6.45) is -4.53. The number of hydrogen-bond donors (Lipinski definition) is 2. The second-order valence-corrected chi connectivity index (χ2v) is 5.50. The van der Waals surface area contributed by atoms with Crippen LogP contribution >= 0.6 is 11.6 Å². The highest BCUT2D eigenvalue weighted by molar-refractivity contribution is 6.29. The van der Waals surface area contributed by atoms with E-state index in [1.165, 1.54) is 0 Å². The molecule has 0 aromatic carbocycles. The van der Waals surface area contributed by atoms with Gasteiger partial charge in [0.1, 0.15) is 16.9 Å². The predicted octanol–water partition coefficient (Wildman–Crippen LogP) is 3.77. The van der Waals surface area contributed by atoms with Gasteiger partial charge in [0.25, 0.3) is 0 Å². The monoisotopic (exact) mass is 363 g/mol. The van der Waals surface area contributed by atoms with Crippen molar-refractivity contribution in [2.24, 2.45) is 0 Å². The highest BCUT2D eigenvalue weighted by Gasteiger charge is 2.36. The summed E-state index contributed by atoms with van der Waals surface area (Å²) in [7, 11) is 0. The van der Waals surface area contributed by atoms with Crippen molar-refractivity contribution in [3.8, 4) is 11.5 Å². The molecule has 0 radical (unpaired) electrons. The molecule has 2 heterocycles. The normalized spacial score (nSPS) is 14.8. The minimum absolute atomic E-state index is 0.0364. The lowest BCUT2D eigenvalue weighted by atomic mass is 10.3. The van der Waals surface area contributed by atoms with Gasteiger partial charge in [-0.2, -0.15) is 28.1 Å². The van der Waals surface area contributed by atoms with E-state index in [4.69, 9.17) is 15.7 Å². The molecular formula is C14H16ClF3N6. The molecule has 1 atom stereocenters. The van der Waals surface area contributed by atoms with Gasteiger partial charge < -0.3 is 10.6 Å². The Bertz CT molecular complexity index is 850. The highest BCUT2D eigenvalue weighted by atomic mass is 35.5. The minimum atomic E-state index is -4.53. The minimum Gasteiger partial charge on any atom is -0.352 e. The second-order valence-electron chi connectivity index (χ2n) is 5.14. The molecule has 0 bridgehead atoms. The summed E-state index contributed by atoms with van der Waals surface area (Å²) in [6, 6.07) is -3.48. The first-order chi connectivity index (χ1) is 12.4. The van der Waals surface area contributed by atoms with Crippen LogP contribution in [0.5, 0.6) is 0 Å². The fourth-order valence-electron chi connectivity index (χ4n) is 1.55. The first kappa shape index (κ1) is 14.2. The molecule has 6 nitrogen and oxygen atoms in total. The van der Waals surface area contributed by atoms with E-state index in [1.807, 2.05) is 0 Å². The maximum atomic E-state index is 12.8. The lowest BCUT2D eigenvalue weighted by molar-refractivity contribution is -0.138. The van der Waals surface area contributed by atoms with Gasteiger partial charge in [-0.05, 0) is 32.9 Å². The van der Waals surface area contributed by atoms with Gasteiger partial charge in [-0.25, -0.2) is 4.98 Å². The number of nitrogens with zero attached hydrogens (tertiary/aromatic N) is 4. The van der Waals surface area contributed by atoms with Crippen LogP contribution in [0, 0.1) is 0 Å². The summed E-state index contributed by atoms with van der Waals surface area (Å²) in [6.45, 7) is 4.45. The van der Waals surface area contributed by atoms with Crippen molar-refractivity contribution in [3.63, 3.8) is 0 Å². The molecule has 0 aliphatic rings. The number of hydrogen-bond acceptors (Lipinski definition) is 6. The van der Waals surface area contributed by atoms with Crippen LogP contribution in [-0.2, 0) is 0 Å². The van der Waals surface area contributed by atoms with E-state index in [2.05, 4.69) is 30.6 Å². The molecule has 0 saturated carbocycles. The van der Waals surface area contributed by atoms with Crippen LogP contribution in [0.4, 0.5) is 25.1 Å². The molecule has 0 aliphatic heterocycles. The number of pyridine rings is 1. The van der Waals surface area contributed by atoms with Crippen LogP contribution in [-0.4, -0.2) is 38.2 Å². The molecule has 0 spiro atoms. The van der Waals surface area contributed by atoms with Gasteiger partial charge in [-0.3, -0.25) is 0 Å². The number of halogens is 4. The maximum absolute atomic E-state index is 12.8. The van der Waals surface area contributed by atoms with E-state index in [0.29, 0.717) is 0 Å². The topological polar surface area (TPSA) is 75.6 Å². The molecular weight excluding hydrogens is 345 g/mol. The van der Waals surface area contributed by atoms with Crippen molar-refractivity contribution in [1.82, 2.24) is 19.9 Å². The fourth-order valence-corrected chi connectivity index (χ4v) is 1.68. The van der Waals surface area contributed by atoms with Gasteiger partial charge in [-0.1, -0.05) is 17.6 Å². The fraction of sp³-hybridized carbons (Fsp3) is 0.429. The van der Waals surface area contributed by atoms with Crippen molar-refractivity contribution >= 4 is 23.5 Å². The van der Waals surface area contributed by atoms with E-state index in [-0.39, 0.29) is 34.6 Å². The Kier molecular flexibility index (Phi) is 4.24. The average Bonchev–Trinajstić information content (AvgIpc) is 2.54. The molecule has 0 amide bonds. The van der Waals surface area contributed by atoms with E-state index < -0.39 is 30.3 Å². The molecule has 2 aromatic heterocycles. The zero-order chi connectivity index (χ0) is 20.5. The zero-order valence-corrected chi connectivity index (χ0v) is 13.7. The lowest BCUT2D eigenvalue weighted by Crippen LogP contribution is -2.34. The van der Waals surface area contributed by atoms with Crippen LogP contribution in [0.15, 0.2) is 18.1 Å². The quantitative estimate of drug-likeness (QED) is 0.787. The van der Waals surface area contributed by atoms with Crippen molar-refractivity contribution in [2.45, 2.75) is 39.0 Å². The smallest absolute Gasteiger partial charge is 0.352 e. The number of aromatic nitrogens is 4. The van der Waals surface area contributed by atoms with E-state index >= 15 is 0 Å². The summed E-state index contributed by atoms with van der Waals surface area (Å²) >= 11 is 5.80. The molecule has 10 heteroatoms. The molecule has 24 heavy (non-hydrogen) atoms. The summed E-state index contributed by atoms with van der Waals surface area (Å²) in [4.78, 5) is 15.7. The Morgan fingerprint density at radius 1 is 1.04 bits per heavy atom. The molecule has 0 unspecified atom stereocenters.